The number of nitrogens with zero attached hydrogens (tertiary/aromatic N) is 1. The standard InChI is InChI=1S/C14H15NO4/c1-2-19-13(17)9-15-12(16)8-11(14(15)18)10-6-4-3-5-7-10/h3-7,11H,2,8-9H2,1H3/t11-/m1/s1. The van der Waals surface area contributed by atoms with E-state index in [1.807, 2.05) is 30.3 Å². The second kappa shape index (κ2) is 5.65. The zero-order valence-electron chi connectivity index (χ0n) is 10.7. The van der Waals surface area contributed by atoms with Gasteiger partial charge in [-0.25, -0.2) is 0 Å². The van der Waals surface area contributed by atoms with Crippen LogP contribution in [0.4, 0.5) is 0 Å². The topological polar surface area (TPSA) is 63.7 Å². The van der Waals surface area contributed by atoms with Crippen molar-refractivity contribution >= 4 is 17.8 Å². The van der Waals surface area contributed by atoms with Crippen molar-refractivity contribution in [1.82, 2.24) is 4.90 Å². The average molecular weight is 261 g/mol. The highest BCUT2D eigenvalue weighted by atomic mass is 16.5. The number of hydrogen-bond acceptors (Lipinski definition) is 4. The Bertz CT molecular complexity index is 497. The Kier molecular flexibility index (Phi) is 3.94. The van der Waals surface area contributed by atoms with Gasteiger partial charge in [0.25, 0.3) is 0 Å². The van der Waals surface area contributed by atoms with Crippen molar-refractivity contribution in [2.45, 2.75) is 19.3 Å². The number of likely N-dealkylation sites (tertiary alicyclic amines) is 1. The molecule has 0 spiro atoms. The summed E-state index contributed by atoms with van der Waals surface area (Å²) in [6.45, 7) is 1.62. The molecule has 19 heavy (non-hydrogen) atoms. The van der Waals surface area contributed by atoms with Gasteiger partial charge >= 0.3 is 5.97 Å². The molecule has 1 aromatic rings. The minimum Gasteiger partial charge on any atom is -0.465 e. The highest BCUT2D eigenvalue weighted by Gasteiger charge is 2.40. The van der Waals surface area contributed by atoms with Gasteiger partial charge in [0.15, 0.2) is 0 Å². The third-order valence-corrected chi connectivity index (χ3v) is 3.04. The molecule has 2 amide bonds. The molecule has 1 aliphatic rings. The molecule has 0 unspecified atom stereocenters. The molecule has 0 radical (unpaired) electrons. The average Bonchev–Trinajstić information content (AvgIpc) is 2.68. The van der Waals surface area contributed by atoms with Crippen LogP contribution in [0.25, 0.3) is 0 Å². The zero-order chi connectivity index (χ0) is 13.8. The van der Waals surface area contributed by atoms with E-state index in [1.165, 1.54) is 0 Å². The van der Waals surface area contributed by atoms with Crippen LogP contribution in [-0.4, -0.2) is 35.8 Å². The predicted octanol–water partition coefficient (Wildman–Crippen LogP) is 1.09. The maximum atomic E-state index is 12.2. The van der Waals surface area contributed by atoms with Crippen LogP contribution in [-0.2, 0) is 19.1 Å². The van der Waals surface area contributed by atoms with Crippen LogP contribution in [0.15, 0.2) is 30.3 Å². The first-order valence-corrected chi connectivity index (χ1v) is 6.18. The molecule has 1 heterocycles. The summed E-state index contributed by atoms with van der Waals surface area (Å²) in [7, 11) is 0. The summed E-state index contributed by atoms with van der Waals surface area (Å²) in [5.74, 6) is -1.70. The summed E-state index contributed by atoms with van der Waals surface area (Å²) < 4.78 is 4.76. The van der Waals surface area contributed by atoms with Crippen molar-refractivity contribution < 1.29 is 19.1 Å². The second-order valence-electron chi connectivity index (χ2n) is 4.29. The van der Waals surface area contributed by atoms with Crippen LogP contribution in [0.5, 0.6) is 0 Å². The molecule has 0 bridgehead atoms. The van der Waals surface area contributed by atoms with Crippen molar-refractivity contribution in [2.24, 2.45) is 0 Å². The van der Waals surface area contributed by atoms with Gasteiger partial charge in [0.2, 0.25) is 11.8 Å². The molecule has 1 fully saturated rings. The van der Waals surface area contributed by atoms with Crippen molar-refractivity contribution in [3.63, 3.8) is 0 Å². The van der Waals surface area contributed by atoms with Crippen molar-refractivity contribution in [1.29, 1.82) is 0 Å². The van der Waals surface area contributed by atoms with Gasteiger partial charge in [-0.1, -0.05) is 30.3 Å². The monoisotopic (exact) mass is 261 g/mol. The van der Waals surface area contributed by atoms with Gasteiger partial charge in [-0.05, 0) is 12.5 Å². The van der Waals surface area contributed by atoms with Crippen LogP contribution in [0, 0.1) is 0 Å². The second-order valence-corrected chi connectivity index (χ2v) is 4.29. The summed E-state index contributed by atoms with van der Waals surface area (Å²) in [6.07, 6.45) is 0.113. The lowest BCUT2D eigenvalue weighted by Gasteiger charge is -2.13. The number of hydrogen-bond donors (Lipinski definition) is 0. The van der Waals surface area contributed by atoms with E-state index in [4.69, 9.17) is 4.74 Å². The van der Waals surface area contributed by atoms with Crippen LogP contribution >= 0.6 is 0 Å². The Hall–Kier alpha value is -2.17. The van der Waals surface area contributed by atoms with Gasteiger partial charge < -0.3 is 4.74 Å². The van der Waals surface area contributed by atoms with E-state index in [1.54, 1.807) is 6.92 Å². The van der Waals surface area contributed by atoms with Gasteiger partial charge in [0, 0.05) is 6.42 Å². The highest BCUT2D eigenvalue weighted by Crippen LogP contribution is 2.29. The quantitative estimate of drug-likeness (QED) is 0.601. The first-order valence-electron chi connectivity index (χ1n) is 6.18. The Balaban J connectivity index is 2.11. The summed E-state index contributed by atoms with van der Waals surface area (Å²) in [4.78, 5) is 36.3. The van der Waals surface area contributed by atoms with Crippen molar-refractivity contribution in [2.75, 3.05) is 13.2 Å². The van der Waals surface area contributed by atoms with E-state index in [2.05, 4.69) is 0 Å². The highest BCUT2D eigenvalue weighted by molar-refractivity contribution is 6.07. The molecule has 1 saturated heterocycles. The Morgan fingerprint density at radius 3 is 2.63 bits per heavy atom. The first kappa shape index (κ1) is 13.3. The smallest absolute Gasteiger partial charge is 0.326 e. The van der Waals surface area contributed by atoms with E-state index in [0.29, 0.717) is 0 Å². The van der Waals surface area contributed by atoms with Crippen LogP contribution < -0.4 is 0 Å². The number of carbonyl (C=O) groups excluding carboxylic acids is 3. The lowest BCUT2D eigenvalue weighted by Crippen LogP contribution is -2.36. The van der Waals surface area contributed by atoms with Gasteiger partial charge in [0.1, 0.15) is 6.54 Å². The fourth-order valence-corrected chi connectivity index (χ4v) is 2.13. The molecule has 100 valence electrons. The molecular weight excluding hydrogens is 246 g/mol. The molecular formula is C14H15NO4. The third kappa shape index (κ3) is 2.81. The van der Waals surface area contributed by atoms with Crippen molar-refractivity contribution in [3.8, 4) is 0 Å². The minimum absolute atomic E-state index is 0.113. The first-order chi connectivity index (χ1) is 9.13. The maximum Gasteiger partial charge on any atom is 0.326 e. The minimum atomic E-state index is -0.557. The molecule has 0 aromatic heterocycles. The van der Waals surface area contributed by atoms with Crippen molar-refractivity contribution in [3.05, 3.63) is 35.9 Å². The number of carbonyl (C=O) groups is 3. The fourth-order valence-electron chi connectivity index (χ4n) is 2.13. The maximum absolute atomic E-state index is 12.2. The number of benzene rings is 1. The molecule has 5 heteroatoms. The lowest BCUT2D eigenvalue weighted by molar-refractivity contribution is -0.152. The van der Waals surface area contributed by atoms with Crippen LogP contribution in [0.1, 0.15) is 24.8 Å². The summed E-state index contributed by atoms with van der Waals surface area (Å²) in [6, 6.07) is 9.11. The summed E-state index contributed by atoms with van der Waals surface area (Å²) in [5, 5.41) is 0. The number of rotatable bonds is 4. The Morgan fingerprint density at radius 2 is 2.00 bits per heavy atom. The molecule has 0 aliphatic carbocycles. The zero-order valence-corrected chi connectivity index (χ0v) is 10.7. The molecule has 1 aliphatic heterocycles. The van der Waals surface area contributed by atoms with Crippen LogP contribution in [0.3, 0.4) is 0 Å². The predicted molar refractivity (Wildman–Crippen MR) is 67.2 cm³/mol. The van der Waals surface area contributed by atoms with E-state index >= 15 is 0 Å². The number of imide groups is 1. The third-order valence-electron chi connectivity index (χ3n) is 3.04. The summed E-state index contributed by atoms with van der Waals surface area (Å²) >= 11 is 0. The fraction of sp³-hybridized carbons (Fsp3) is 0.357. The van der Waals surface area contributed by atoms with Gasteiger partial charge in [-0.2, -0.15) is 0 Å². The molecule has 1 aromatic carbocycles. The number of esters is 1. The van der Waals surface area contributed by atoms with Gasteiger partial charge in [0.05, 0.1) is 12.5 Å². The molecule has 0 N–H and O–H groups in total. The summed E-state index contributed by atoms with van der Waals surface area (Å²) in [5.41, 5.74) is 0.798. The largest absolute Gasteiger partial charge is 0.465 e. The SMILES string of the molecule is CCOC(=O)CN1C(=O)C[C@H](c2ccccc2)C1=O. The van der Waals surface area contributed by atoms with E-state index in [0.717, 1.165) is 10.5 Å². The molecule has 2 rings (SSSR count). The lowest BCUT2D eigenvalue weighted by atomic mass is 9.98. The molecule has 1 atom stereocenters. The van der Waals surface area contributed by atoms with E-state index < -0.39 is 11.9 Å². The Morgan fingerprint density at radius 1 is 1.32 bits per heavy atom. The van der Waals surface area contributed by atoms with Gasteiger partial charge in [-0.15, -0.1) is 0 Å². The Labute approximate surface area is 111 Å². The van der Waals surface area contributed by atoms with E-state index in [-0.39, 0.29) is 31.4 Å². The normalized spacial score (nSPS) is 18.8. The number of ether oxygens (including phenoxy) is 1. The van der Waals surface area contributed by atoms with Gasteiger partial charge in [-0.3, -0.25) is 19.3 Å². The van der Waals surface area contributed by atoms with E-state index in [9.17, 15) is 14.4 Å². The van der Waals surface area contributed by atoms with Crippen LogP contribution in [0.2, 0.25) is 0 Å². The number of amides is 2. The molecule has 5 nitrogen and oxygen atoms in total. The molecule has 0 saturated carbocycles.